The highest BCUT2D eigenvalue weighted by Gasteiger charge is 2.22. The van der Waals surface area contributed by atoms with Gasteiger partial charge in [-0.2, -0.15) is 0 Å². The molecule has 0 fully saturated rings. The summed E-state index contributed by atoms with van der Waals surface area (Å²) in [5.74, 6) is 0. The first-order valence-electron chi connectivity index (χ1n) is 8.08. The second kappa shape index (κ2) is 7.97. The Kier molecular flexibility index (Phi) is 5.99. The fourth-order valence-corrected chi connectivity index (χ4v) is 2.29. The van der Waals surface area contributed by atoms with E-state index in [1.165, 1.54) is 0 Å². The Morgan fingerprint density at radius 3 is 1.92 bits per heavy atom. The van der Waals surface area contributed by atoms with Gasteiger partial charge in [0.1, 0.15) is 5.60 Å². The van der Waals surface area contributed by atoms with Crippen molar-refractivity contribution in [2.75, 3.05) is 0 Å². The van der Waals surface area contributed by atoms with Gasteiger partial charge in [-0.15, -0.1) is 0 Å². The Hall–Kier alpha value is -2.33. The van der Waals surface area contributed by atoms with Gasteiger partial charge in [-0.05, 0) is 37.5 Å². The molecule has 0 saturated carbocycles. The lowest BCUT2D eigenvalue weighted by atomic mass is 10.1. The minimum Gasteiger partial charge on any atom is -0.444 e. The number of carbonyl (C=O) groups is 1. The molecule has 128 valence electrons. The Bertz CT molecular complexity index is 645. The van der Waals surface area contributed by atoms with Crippen LogP contribution in [-0.2, 0) is 24.4 Å². The number of hydrogen-bond donors (Lipinski definition) is 1. The molecule has 0 bridgehead atoms. The van der Waals surface area contributed by atoms with E-state index in [-0.39, 0.29) is 12.7 Å². The van der Waals surface area contributed by atoms with Crippen molar-refractivity contribution in [3.63, 3.8) is 0 Å². The molecule has 0 atom stereocenters. The molecule has 0 aliphatic rings. The molecule has 4 nitrogen and oxygen atoms in total. The summed E-state index contributed by atoms with van der Waals surface area (Å²) in [7, 11) is 0. The zero-order chi connectivity index (χ0) is 17.6. The summed E-state index contributed by atoms with van der Waals surface area (Å²) >= 11 is 0. The van der Waals surface area contributed by atoms with Crippen molar-refractivity contribution in [2.45, 2.75) is 46.1 Å². The third-order valence-corrected chi connectivity index (χ3v) is 3.45. The smallest absolute Gasteiger partial charge is 0.410 e. The van der Waals surface area contributed by atoms with Crippen LogP contribution in [0, 0.1) is 0 Å². The molecule has 0 spiro atoms. The molecule has 0 saturated heterocycles. The lowest BCUT2D eigenvalue weighted by Crippen LogP contribution is -2.36. The maximum Gasteiger partial charge on any atom is 0.410 e. The van der Waals surface area contributed by atoms with E-state index in [1.807, 2.05) is 75.4 Å². The number of rotatable bonds is 5. The minimum absolute atomic E-state index is 0.0140. The van der Waals surface area contributed by atoms with Crippen molar-refractivity contribution in [3.8, 4) is 0 Å². The lowest BCUT2D eigenvalue weighted by molar-refractivity contribution is 0.0216. The quantitative estimate of drug-likeness (QED) is 0.899. The van der Waals surface area contributed by atoms with Gasteiger partial charge in [0.2, 0.25) is 0 Å². The van der Waals surface area contributed by atoms with Crippen molar-refractivity contribution in [3.05, 3.63) is 71.3 Å². The van der Waals surface area contributed by atoms with Gasteiger partial charge in [0.15, 0.2) is 0 Å². The minimum atomic E-state index is -0.535. The van der Waals surface area contributed by atoms with E-state index < -0.39 is 5.60 Å². The van der Waals surface area contributed by atoms with Crippen LogP contribution in [0.3, 0.4) is 0 Å². The number of benzene rings is 2. The largest absolute Gasteiger partial charge is 0.444 e. The molecule has 2 rings (SSSR count). The van der Waals surface area contributed by atoms with Gasteiger partial charge in [-0.1, -0.05) is 54.6 Å². The van der Waals surface area contributed by atoms with Crippen LogP contribution in [0.15, 0.2) is 54.6 Å². The number of hydrogen-bond acceptors (Lipinski definition) is 3. The van der Waals surface area contributed by atoms with Gasteiger partial charge < -0.3 is 9.84 Å². The number of ether oxygens (including phenoxy) is 1. The predicted molar refractivity (Wildman–Crippen MR) is 94.3 cm³/mol. The molecule has 0 heterocycles. The molecule has 0 aromatic heterocycles. The maximum atomic E-state index is 12.6. The van der Waals surface area contributed by atoms with E-state index in [9.17, 15) is 4.79 Å². The van der Waals surface area contributed by atoms with Crippen molar-refractivity contribution in [1.29, 1.82) is 0 Å². The number of aliphatic hydroxyl groups is 1. The van der Waals surface area contributed by atoms with Crippen LogP contribution in [-0.4, -0.2) is 21.7 Å². The highest BCUT2D eigenvalue weighted by atomic mass is 16.6. The summed E-state index contributed by atoms with van der Waals surface area (Å²) < 4.78 is 5.54. The summed E-state index contributed by atoms with van der Waals surface area (Å²) in [5.41, 5.74) is 2.36. The van der Waals surface area contributed by atoms with Gasteiger partial charge in [0, 0.05) is 13.1 Å². The van der Waals surface area contributed by atoms with Gasteiger partial charge in [-0.25, -0.2) is 4.79 Å². The predicted octanol–water partition coefficient (Wildman–Crippen LogP) is 4.12. The van der Waals surface area contributed by atoms with Crippen LogP contribution in [0.4, 0.5) is 4.79 Å². The van der Waals surface area contributed by atoms with E-state index in [1.54, 1.807) is 4.90 Å². The van der Waals surface area contributed by atoms with Gasteiger partial charge in [-0.3, -0.25) is 4.90 Å². The molecule has 0 aliphatic carbocycles. The normalized spacial score (nSPS) is 11.2. The van der Waals surface area contributed by atoms with Gasteiger partial charge in [0.05, 0.1) is 6.61 Å². The maximum absolute atomic E-state index is 12.6. The van der Waals surface area contributed by atoms with Crippen molar-refractivity contribution < 1.29 is 14.6 Å². The molecule has 2 aromatic carbocycles. The number of aliphatic hydroxyl groups excluding tert-OH is 1. The monoisotopic (exact) mass is 327 g/mol. The summed E-state index contributed by atoms with van der Waals surface area (Å²) in [6.45, 7) is 6.54. The molecule has 0 radical (unpaired) electrons. The second-order valence-corrected chi connectivity index (χ2v) is 6.80. The molecule has 0 unspecified atom stereocenters. The SMILES string of the molecule is CC(C)(C)OC(=O)N(Cc1ccccc1)Cc1ccc(CO)cc1. The van der Waals surface area contributed by atoms with E-state index in [0.717, 1.165) is 16.7 Å². The van der Waals surface area contributed by atoms with Crippen LogP contribution in [0.1, 0.15) is 37.5 Å². The second-order valence-electron chi connectivity index (χ2n) is 6.80. The molecule has 2 aromatic rings. The average Bonchev–Trinajstić information content (AvgIpc) is 2.54. The first kappa shape index (κ1) is 18.0. The van der Waals surface area contributed by atoms with E-state index in [0.29, 0.717) is 13.1 Å². The fourth-order valence-electron chi connectivity index (χ4n) is 2.29. The fraction of sp³-hybridized carbons (Fsp3) is 0.350. The van der Waals surface area contributed by atoms with E-state index in [4.69, 9.17) is 9.84 Å². The highest BCUT2D eigenvalue weighted by Crippen LogP contribution is 2.16. The van der Waals surface area contributed by atoms with Gasteiger partial charge >= 0.3 is 6.09 Å². The molecule has 1 amide bonds. The molecule has 24 heavy (non-hydrogen) atoms. The lowest BCUT2D eigenvalue weighted by Gasteiger charge is -2.27. The van der Waals surface area contributed by atoms with Crippen LogP contribution >= 0.6 is 0 Å². The molecule has 4 heteroatoms. The number of amides is 1. The first-order chi connectivity index (χ1) is 11.4. The summed E-state index contributed by atoms with van der Waals surface area (Å²) in [6.07, 6.45) is -0.336. The molecule has 1 N–H and O–H groups in total. The number of carbonyl (C=O) groups excluding carboxylic acids is 1. The van der Waals surface area contributed by atoms with Crippen molar-refractivity contribution in [1.82, 2.24) is 4.90 Å². The van der Waals surface area contributed by atoms with Crippen molar-refractivity contribution in [2.24, 2.45) is 0 Å². The third kappa shape index (κ3) is 5.70. The number of nitrogens with zero attached hydrogens (tertiary/aromatic N) is 1. The highest BCUT2D eigenvalue weighted by molar-refractivity contribution is 5.68. The molecular formula is C20H25NO3. The summed E-state index contributed by atoms with van der Waals surface area (Å²) in [5, 5.41) is 9.14. The van der Waals surface area contributed by atoms with Crippen LogP contribution in [0.2, 0.25) is 0 Å². The summed E-state index contributed by atoms with van der Waals surface area (Å²) in [6, 6.07) is 17.4. The zero-order valence-electron chi connectivity index (χ0n) is 14.5. The Morgan fingerprint density at radius 1 is 0.917 bits per heavy atom. The van der Waals surface area contributed by atoms with Crippen LogP contribution in [0.25, 0.3) is 0 Å². The standard InChI is InChI=1S/C20H25NO3/c1-20(2,3)24-19(23)21(13-16-7-5-4-6-8-16)14-17-9-11-18(15-22)12-10-17/h4-12,22H,13-15H2,1-3H3. The Labute approximate surface area is 143 Å². The average molecular weight is 327 g/mol. The van der Waals surface area contributed by atoms with E-state index in [2.05, 4.69) is 0 Å². The van der Waals surface area contributed by atoms with Crippen LogP contribution in [0.5, 0.6) is 0 Å². The summed E-state index contributed by atoms with van der Waals surface area (Å²) in [4.78, 5) is 14.2. The molecule has 0 aliphatic heterocycles. The zero-order valence-corrected chi connectivity index (χ0v) is 14.5. The third-order valence-electron chi connectivity index (χ3n) is 3.45. The molecular weight excluding hydrogens is 302 g/mol. The topological polar surface area (TPSA) is 49.8 Å². The Morgan fingerprint density at radius 2 is 1.42 bits per heavy atom. The Balaban J connectivity index is 2.16. The van der Waals surface area contributed by atoms with Gasteiger partial charge in [0.25, 0.3) is 0 Å². The van der Waals surface area contributed by atoms with Crippen LogP contribution < -0.4 is 0 Å². The van der Waals surface area contributed by atoms with Crippen molar-refractivity contribution >= 4 is 6.09 Å². The van der Waals surface area contributed by atoms with E-state index >= 15 is 0 Å². The first-order valence-corrected chi connectivity index (χ1v) is 8.08.